The molecule has 4 rings (SSSR count). The number of hydrogen-bond donors (Lipinski definition) is 1. The second-order valence-corrected chi connectivity index (χ2v) is 13.2. The van der Waals surface area contributed by atoms with Crippen LogP contribution >= 0.6 is 0 Å². The number of sulfone groups is 1. The summed E-state index contributed by atoms with van der Waals surface area (Å²) in [6.45, 7) is 3.12. The summed E-state index contributed by atoms with van der Waals surface area (Å²) in [5.41, 5.74) is -1.87. The predicted octanol–water partition coefficient (Wildman–Crippen LogP) is 1.66. The Morgan fingerprint density at radius 2 is 1.82 bits per heavy atom. The monoisotopic (exact) mass is 558 g/mol. The summed E-state index contributed by atoms with van der Waals surface area (Å²) in [4.78, 5) is 26.2. The summed E-state index contributed by atoms with van der Waals surface area (Å²) in [5.74, 6) is 0.0764. The molecule has 0 aliphatic carbocycles. The van der Waals surface area contributed by atoms with E-state index in [0.717, 1.165) is 32.1 Å². The van der Waals surface area contributed by atoms with Crippen molar-refractivity contribution in [3.8, 4) is 0 Å². The molecule has 0 amide bonds. The van der Waals surface area contributed by atoms with Crippen molar-refractivity contribution in [1.82, 2.24) is 9.13 Å². The van der Waals surface area contributed by atoms with E-state index in [1.807, 2.05) is 0 Å². The van der Waals surface area contributed by atoms with Gasteiger partial charge in [-0.15, -0.1) is 0 Å². The highest BCUT2D eigenvalue weighted by Crippen LogP contribution is 2.42. The van der Waals surface area contributed by atoms with Crippen molar-refractivity contribution in [3.05, 3.63) is 32.6 Å². The summed E-state index contributed by atoms with van der Waals surface area (Å²) in [5, 5.41) is 11.9. The van der Waals surface area contributed by atoms with Crippen LogP contribution in [0.5, 0.6) is 0 Å². The topological polar surface area (TPSA) is 135 Å². The minimum Gasteiger partial charge on any atom is -0.384 e. The first-order chi connectivity index (χ1) is 18.1. The third-order valence-corrected chi connectivity index (χ3v) is 8.79. The molecule has 2 unspecified atom stereocenters. The number of rotatable bonds is 11. The van der Waals surface area contributed by atoms with Gasteiger partial charge in [-0.2, -0.15) is 0 Å². The Bertz CT molecular complexity index is 1150. The summed E-state index contributed by atoms with van der Waals surface area (Å²) in [7, 11) is -3.05. The molecule has 3 saturated heterocycles. The number of aryl methyl sites for hydroxylation is 1. The zero-order valence-corrected chi connectivity index (χ0v) is 23.3. The van der Waals surface area contributed by atoms with Gasteiger partial charge in [-0.05, 0) is 58.3 Å². The highest BCUT2D eigenvalue weighted by Gasteiger charge is 2.54. The van der Waals surface area contributed by atoms with Gasteiger partial charge in [0.25, 0.3) is 5.56 Å². The van der Waals surface area contributed by atoms with Gasteiger partial charge in [-0.1, -0.05) is 6.42 Å². The third-order valence-electron chi connectivity index (χ3n) is 7.76. The maximum Gasteiger partial charge on any atom is 0.333 e. The molecule has 1 aromatic heterocycles. The lowest BCUT2D eigenvalue weighted by molar-refractivity contribution is -0.210. The lowest BCUT2D eigenvalue weighted by atomic mass is 9.85. The molecule has 0 spiro atoms. The van der Waals surface area contributed by atoms with E-state index in [1.54, 1.807) is 6.92 Å². The molecule has 0 bridgehead atoms. The van der Waals surface area contributed by atoms with Crippen LogP contribution in [0.15, 0.2) is 15.8 Å². The molecule has 4 heterocycles. The van der Waals surface area contributed by atoms with Gasteiger partial charge >= 0.3 is 5.69 Å². The second-order valence-electron chi connectivity index (χ2n) is 10.9. The number of aromatic nitrogens is 2. The van der Waals surface area contributed by atoms with Gasteiger partial charge in [0, 0.05) is 49.9 Å². The molecule has 3 aliphatic heterocycles. The number of hydrogen-bond acceptors (Lipinski definition) is 9. The normalized spacial score (nSPS) is 30.5. The number of aliphatic hydroxyl groups is 1. The fourth-order valence-corrected chi connectivity index (χ4v) is 6.33. The Morgan fingerprint density at radius 1 is 1.08 bits per heavy atom. The summed E-state index contributed by atoms with van der Waals surface area (Å²) in [6.07, 6.45) is 7.37. The Kier molecular flexibility index (Phi) is 9.86. The van der Waals surface area contributed by atoms with E-state index in [1.165, 1.54) is 21.6 Å². The average molecular weight is 559 g/mol. The molecular formula is C26H42N2O9S. The van der Waals surface area contributed by atoms with Crippen molar-refractivity contribution < 1.29 is 32.5 Å². The zero-order chi connectivity index (χ0) is 27.3. The van der Waals surface area contributed by atoms with Gasteiger partial charge in [0.15, 0.2) is 6.29 Å². The van der Waals surface area contributed by atoms with Gasteiger partial charge in [0.1, 0.15) is 27.8 Å². The third kappa shape index (κ3) is 7.14. The summed E-state index contributed by atoms with van der Waals surface area (Å²) >= 11 is 0. The maximum atomic E-state index is 13.4. The molecule has 3 fully saturated rings. The van der Waals surface area contributed by atoms with Crippen LogP contribution < -0.4 is 11.2 Å². The molecule has 216 valence electrons. The minimum absolute atomic E-state index is 0.0764. The Hall–Kier alpha value is -1.57. The minimum atomic E-state index is -3.05. The number of ether oxygens (including phenoxy) is 4. The van der Waals surface area contributed by atoms with E-state index >= 15 is 0 Å². The first-order valence-corrected chi connectivity index (χ1v) is 15.9. The van der Waals surface area contributed by atoms with Crippen molar-refractivity contribution in [2.75, 3.05) is 31.8 Å². The van der Waals surface area contributed by atoms with E-state index < -0.39 is 39.6 Å². The van der Waals surface area contributed by atoms with Crippen LogP contribution in [-0.2, 0) is 35.3 Å². The molecule has 38 heavy (non-hydrogen) atoms. The quantitative estimate of drug-likeness (QED) is 0.402. The molecule has 0 aromatic carbocycles. The van der Waals surface area contributed by atoms with Crippen LogP contribution in [0.3, 0.4) is 0 Å². The van der Waals surface area contributed by atoms with Crippen LogP contribution in [0.25, 0.3) is 0 Å². The average Bonchev–Trinajstić information content (AvgIpc) is 3.24. The predicted molar refractivity (Wildman–Crippen MR) is 140 cm³/mol. The highest BCUT2D eigenvalue weighted by molar-refractivity contribution is 7.90. The first kappa shape index (κ1) is 29.4. The smallest absolute Gasteiger partial charge is 0.333 e. The van der Waals surface area contributed by atoms with Gasteiger partial charge in [0.2, 0.25) is 0 Å². The highest BCUT2D eigenvalue weighted by atomic mass is 32.2. The van der Waals surface area contributed by atoms with Crippen molar-refractivity contribution in [2.45, 2.75) is 108 Å². The van der Waals surface area contributed by atoms with Crippen molar-refractivity contribution in [1.29, 1.82) is 0 Å². The Morgan fingerprint density at radius 3 is 2.47 bits per heavy atom. The molecular weight excluding hydrogens is 516 g/mol. The SMILES string of the molecule is Cc1cn([C@H]2C[C@@](O)(C3CCCCO3)[C@@H](COC3CCCCO3)O2)c(=O)n(CCCCCS(C)(=O)=O)c1=O. The molecule has 5 atom stereocenters. The van der Waals surface area contributed by atoms with Gasteiger partial charge in [0.05, 0.1) is 12.7 Å². The van der Waals surface area contributed by atoms with E-state index in [2.05, 4.69) is 0 Å². The van der Waals surface area contributed by atoms with E-state index in [-0.39, 0.29) is 37.2 Å². The van der Waals surface area contributed by atoms with Gasteiger partial charge in [-0.25, -0.2) is 13.2 Å². The lowest BCUT2D eigenvalue weighted by Crippen LogP contribution is -2.53. The second kappa shape index (κ2) is 12.7. The van der Waals surface area contributed by atoms with Crippen LogP contribution in [0, 0.1) is 6.92 Å². The lowest BCUT2D eigenvalue weighted by Gasteiger charge is -2.38. The Balaban J connectivity index is 1.52. The number of unbranched alkanes of at least 4 members (excludes halogenated alkanes) is 2. The van der Waals surface area contributed by atoms with Crippen molar-refractivity contribution in [3.63, 3.8) is 0 Å². The van der Waals surface area contributed by atoms with Gasteiger partial charge < -0.3 is 24.1 Å². The van der Waals surface area contributed by atoms with E-state index in [9.17, 15) is 23.1 Å². The Labute approximate surface area is 223 Å². The molecule has 12 heteroatoms. The fourth-order valence-electron chi connectivity index (χ4n) is 5.60. The van der Waals surface area contributed by atoms with Crippen LogP contribution in [0.2, 0.25) is 0 Å². The summed E-state index contributed by atoms with van der Waals surface area (Å²) in [6, 6.07) is 0. The first-order valence-electron chi connectivity index (χ1n) is 13.8. The largest absolute Gasteiger partial charge is 0.384 e. The van der Waals surface area contributed by atoms with Crippen LogP contribution in [0.4, 0.5) is 0 Å². The number of nitrogens with zero attached hydrogens (tertiary/aromatic N) is 2. The molecule has 3 aliphatic rings. The van der Waals surface area contributed by atoms with Crippen molar-refractivity contribution in [2.24, 2.45) is 0 Å². The molecule has 0 saturated carbocycles. The maximum absolute atomic E-state index is 13.4. The van der Waals surface area contributed by atoms with Crippen molar-refractivity contribution >= 4 is 9.84 Å². The molecule has 1 aromatic rings. The van der Waals surface area contributed by atoms with Crippen LogP contribution in [-0.4, -0.2) is 78.6 Å². The van der Waals surface area contributed by atoms with Crippen LogP contribution in [0.1, 0.15) is 76.0 Å². The fraction of sp³-hybridized carbons (Fsp3) is 0.846. The molecule has 1 N–H and O–H groups in total. The van der Waals surface area contributed by atoms with E-state index in [4.69, 9.17) is 18.9 Å². The summed E-state index contributed by atoms with van der Waals surface area (Å²) < 4.78 is 49.2. The molecule has 11 nitrogen and oxygen atoms in total. The zero-order valence-electron chi connectivity index (χ0n) is 22.5. The molecule has 0 radical (unpaired) electrons. The standard InChI is InChI=1S/C26H42N2O9S/c1-19-17-28(25(30)27(24(19)29)12-6-3-9-15-38(2,32)33)22-16-26(31,20-10-4-7-13-34-20)21(37-22)18-36-23-11-5-8-14-35-23/h17,20-23,31H,3-16,18H2,1-2H3/t20?,21-,22-,23?,26-/m1/s1. The van der Waals surface area contributed by atoms with E-state index in [0.29, 0.717) is 44.5 Å². The van der Waals surface area contributed by atoms with Gasteiger partial charge in [-0.3, -0.25) is 13.9 Å².